The zero-order valence-electron chi connectivity index (χ0n) is 16.2. The molecule has 1 rings (SSSR count). The van der Waals surface area contributed by atoms with Crippen LogP contribution in [0.1, 0.15) is 66.2 Å². The maximum Gasteiger partial charge on any atom is 0.308 e. The number of hydrogen-bond acceptors (Lipinski definition) is 5. The van der Waals surface area contributed by atoms with Crippen molar-refractivity contribution in [3.8, 4) is 0 Å². The van der Waals surface area contributed by atoms with E-state index in [2.05, 4.69) is 6.92 Å². The average Bonchev–Trinajstić information content (AvgIpc) is 2.52. The van der Waals surface area contributed by atoms with Gasteiger partial charge in [-0.2, -0.15) is 0 Å². The molecular weight excluding hydrogens is 318 g/mol. The van der Waals surface area contributed by atoms with E-state index in [1.807, 2.05) is 26.8 Å². The van der Waals surface area contributed by atoms with Gasteiger partial charge in [0.2, 0.25) is 0 Å². The fourth-order valence-electron chi connectivity index (χ4n) is 3.65. The molecule has 5 atom stereocenters. The molecule has 5 heteroatoms. The van der Waals surface area contributed by atoms with Crippen LogP contribution < -0.4 is 5.73 Å². The van der Waals surface area contributed by atoms with E-state index in [-0.39, 0.29) is 30.8 Å². The van der Waals surface area contributed by atoms with Crippen molar-refractivity contribution >= 4 is 11.8 Å². The van der Waals surface area contributed by atoms with Gasteiger partial charge >= 0.3 is 5.97 Å². The number of aliphatic hydroxyl groups excluding tert-OH is 1. The topological polar surface area (TPSA) is 89.6 Å². The maximum absolute atomic E-state index is 12.7. The van der Waals surface area contributed by atoms with Gasteiger partial charge in [0.05, 0.1) is 18.6 Å². The molecule has 0 aromatic carbocycles. The van der Waals surface area contributed by atoms with Crippen molar-refractivity contribution in [2.75, 3.05) is 6.61 Å². The molecule has 0 aromatic heterocycles. The lowest BCUT2D eigenvalue weighted by Gasteiger charge is -2.25. The molecule has 0 saturated carbocycles. The number of ketones is 1. The highest BCUT2D eigenvalue weighted by Gasteiger charge is 2.31. The summed E-state index contributed by atoms with van der Waals surface area (Å²) < 4.78 is 5.17. The second-order valence-electron chi connectivity index (χ2n) is 7.68. The second-order valence-corrected chi connectivity index (χ2v) is 7.68. The number of carbonyl (C=O) groups excluding carboxylic acids is 2. The maximum atomic E-state index is 12.7. The number of carbonyl (C=O) groups is 2. The fourth-order valence-corrected chi connectivity index (χ4v) is 3.65. The molecule has 0 amide bonds. The summed E-state index contributed by atoms with van der Waals surface area (Å²) in [6.45, 7) is 8.11. The molecule has 1 heterocycles. The number of ether oxygens (including phenoxy) is 1. The fraction of sp³-hybridized carbons (Fsp3) is 0.800. The Bertz CT molecular complexity index is 474. The summed E-state index contributed by atoms with van der Waals surface area (Å²) in [7, 11) is 0. The van der Waals surface area contributed by atoms with Gasteiger partial charge < -0.3 is 15.6 Å². The molecule has 0 bridgehead atoms. The third kappa shape index (κ3) is 7.70. The first-order valence-corrected chi connectivity index (χ1v) is 9.54. The summed E-state index contributed by atoms with van der Waals surface area (Å²) in [6, 6.07) is -0.338. The van der Waals surface area contributed by atoms with Crippen LogP contribution >= 0.6 is 0 Å². The summed E-state index contributed by atoms with van der Waals surface area (Å²) in [5.41, 5.74) is 7.17. The van der Waals surface area contributed by atoms with Gasteiger partial charge in [0.1, 0.15) is 12.4 Å². The van der Waals surface area contributed by atoms with Crippen LogP contribution in [0.15, 0.2) is 11.6 Å². The van der Waals surface area contributed by atoms with Gasteiger partial charge in [0, 0.05) is 11.8 Å². The molecule has 144 valence electrons. The summed E-state index contributed by atoms with van der Waals surface area (Å²) in [5.74, 6) is -0.627. The Morgan fingerprint density at radius 1 is 1.32 bits per heavy atom. The standard InChI is InChI=1S/C20H35NO4/c1-5-17-18(22)11-19(23)25-12-16(21)10-14(3)8-6-7-13(2)9-15(4)20(17)24/h10,13,15-18,22H,5-9,11-12,21H2,1-4H3/b14-10-/t13-,15+,16?,17?,18?/m0/s1. The Balaban J connectivity index is 2.88. The molecule has 25 heavy (non-hydrogen) atoms. The van der Waals surface area contributed by atoms with E-state index in [1.54, 1.807) is 0 Å². The van der Waals surface area contributed by atoms with Crippen LogP contribution in [-0.2, 0) is 14.3 Å². The van der Waals surface area contributed by atoms with Crippen molar-refractivity contribution in [3.63, 3.8) is 0 Å². The molecule has 0 radical (unpaired) electrons. The van der Waals surface area contributed by atoms with Crippen molar-refractivity contribution in [1.29, 1.82) is 0 Å². The van der Waals surface area contributed by atoms with E-state index in [0.29, 0.717) is 12.3 Å². The van der Waals surface area contributed by atoms with E-state index < -0.39 is 18.0 Å². The predicted molar refractivity (Wildman–Crippen MR) is 98.9 cm³/mol. The lowest BCUT2D eigenvalue weighted by atomic mass is 9.81. The van der Waals surface area contributed by atoms with Crippen LogP contribution in [0, 0.1) is 17.8 Å². The Labute approximate surface area is 152 Å². The van der Waals surface area contributed by atoms with E-state index >= 15 is 0 Å². The Morgan fingerprint density at radius 3 is 2.64 bits per heavy atom. The Hall–Kier alpha value is -1.20. The van der Waals surface area contributed by atoms with Crippen LogP contribution in [0.25, 0.3) is 0 Å². The molecule has 0 fully saturated rings. The number of esters is 1. The van der Waals surface area contributed by atoms with Gasteiger partial charge in [-0.25, -0.2) is 0 Å². The predicted octanol–water partition coefficient (Wildman–Crippen LogP) is 3.00. The normalized spacial score (nSPS) is 36.4. The van der Waals surface area contributed by atoms with E-state index in [9.17, 15) is 14.7 Å². The van der Waals surface area contributed by atoms with Crippen LogP contribution in [0.5, 0.6) is 0 Å². The van der Waals surface area contributed by atoms with Crippen molar-refractivity contribution in [2.24, 2.45) is 23.5 Å². The second kappa shape index (κ2) is 10.7. The van der Waals surface area contributed by atoms with Crippen LogP contribution in [0.4, 0.5) is 0 Å². The van der Waals surface area contributed by atoms with E-state index in [0.717, 1.165) is 25.7 Å². The number of nitrogens with two attached hydrogens (primary N) is 1. The molecule has 0 saturated heterocycles. The minimum atomic E-state index is -0.996. The summed E-state index contributed by atoms with van der Waals surface area (Å²) in [5, 5.41) is 10.3. The van der Waals surface area contributed by atoms with Gasteiger partial charge in [-0.1, -0.05) is 38.8 Å². The molecule has 1 aliphatic heterocycles. The highest BCUT2D eigenvalue weighted by molar-refractivity contribution is 5.84. The monoisotopic (exact) mass is 353 g/mol. The van der Waals surface area contributed by atoms with Gasteiger partial charge in [0.25, 0.3) is 0 Å². The number of hydrogen-bond donors (Lipinski definition) is 2. The Kier molecular flexibility index (Phi) is 9.36. The quantitative estimate of drug-likeness (QED) is 0.559. The van der Waals surface area contributed by atoms with Crippen LogP contribution in [0.3, 0.4) is 0 Å². The first kappa shape index (κ1) is 21.8. The summed E-state index contributed by atoms with van der Waals surface area (Å²) in [6.07, 6.45) is 5.20. The zero-order valence-corrected chi connectivity index (χ0v) is 16.2. The third-order valence-corrected chi connectivity index (χ3v) is 5.09. The largest absolute Gasteiger partial charge is 0.464 e. The van der Waals surface area contributed by atoms with Crippen molar-refractivity contribution in [1.82, 2.24) is 0 Å². The average molecular weight is 354 g/mol. The van der Waals surface area contributed by atoms with Crippen molar-refractivity contribution < 1.29 is 19.4 Å². The van der Waals surface area contributed by atoms with E-state index in [1.165, 1.54) is 5.57 Å². The van der Waals surface area contributed by atoms with E-state index in [4.69, 9.17) is 10.5 Å². The molecule has 5 nitrogen and oxygen atoms in total. The molecule has 0 aromatic rings. The number of aliphatic hydroxyl groups is 1. The van der Waals surface area contributed by atoms with Crippen LogP contribution in [-0.4, -0.2) is 35.6 Å². The highest BCUT2D eigenvalue weighted by atomic mass is 16.5. The summed E-state index contributed by atoms with van der Waals surface area (Å²) in [4.78, 5) is 24.6. The molecule has 0 aliphatic carbocycles. The smallest absolute Gasteiger partial charge is 0.308 e. The number of cyclic esters (lactones) is 1. The minimum Gasteiger partial charge on any atom is -0.464 e. The number of allylic oxidation sites excluding steroid dienone is 1. The molecule has 0 spiro atoms. The Morgan fingerprint density at radius 2 is 2.00 bits per heavy atom. The molecule has 1 aliphatic rings. The highest BCUT2D eigenvalue weighted by Crippen LogP contribution is 2.25. The SMILES string of the molecule is CCC1C(=O)[C@H](C)C[C@@H](C)CCC/C(C)=C\C(N)COC(=O)CC1O. The van der Waals surface area contributed by atoms with Gasteiger partial charge in [-0.15, -0.1) is 0 Å². The van der Waals surface area contributed by atoms with Crippen molar-refractivity contribution in [2.45, 2.75) is 78.4 Å². The lowest BCUT2D eigenvalue weighted by molar-refractivity contribution is -0.147. The number of rotatable bonds is 1. The third-order valence-electron chi connectivity index (χ3n) is 5.09. The lowest BCUT2D eigenvalue weighted by Crippen LogP contribution is -2.35. The minimum absolute atomic E-state index is 0.0505. The molecule has 3 unspecified atom stereocenters. The van der Waals surface area contributed by atoms with Crippen molar-refractivity contribution in [3.05, 3.63) is 11.6 Å². The first-order valence-electron chi connectivity index (χ1n) is 9.54. The molecule has 3 N–H and O–H groups in total. The first-order chi connectivity index (χ1) is 11.7. The zero-order chi connectivity index (χ0) is 19.0. The van der Waals surface area contributed by atoms with Gasteiger partial charge in [-0.05, 0) is 38.5 Å². The van der Waals surface area contributed by atoms with Gasteiger partial charge in [-0.3, -0.25) is 9.59 Å². The van der Waals surface area contributed by atoms with Crippen LogP contribution in [0.2, 0.25) is 0 Å². The number of Topliss-reactive ketones (excluding diaryl/α,β-unsaturated/α-hetero) is 1. The van der Waals surface area contributed by atoms with Gasteiger partial charge in [0.15, 0.2) is 0 Å². The molecular formula is C20H35NO4. The summed E-state index contributed by atoms with van der Waals surface area (Å²) >= 11 is 0.